The summed E-state index contributed by atoms with van der Waals surface area (Å²) < 4.78 is 27.6. The Balaban J connectivity index is 2.02. The molecule has 4 rings (SSSR count). The molecule has 1 N–H and O–H groups in total. The van der Waals surface area contributed by atoms with E-state index in [1.807, 2.05) is 12.1 Å². The highest BCUT2D eigenvalue weighted by Gasteiger charge is 2.23. The van der Waals surface area contributed by atoms with Crippen LogP contribution in [-0.2, 0) is 10.0 Å². The number of para-hydroxylation sites is 1. The molecular formula is C19H15ClN4O2S. The van der Waals surface area contributed by atoms with Gasteiger partial charge in [0.2, 0.25) is 5.95 Å². The molecule has 0 saturated heterocycles. The van der Waals surface area contributed by atoms with Crippen LogP contribution < -0.4 is 5.32 Å². The second-order valence-corrected chi connectivity index (χ2v) is 8.04. The van der Waals surface area contributed by atoms with Gasteiger partial charge in [-0.1, -0.05) is 48.0 Å². The first-order valence-corrected chi connectivity index (χ1v) is 9.95. The molecule has 0 spiro atoms. The van der Waals surface area contributed by atoms with Crippen LogP contribution in [0.25, 0.3) is 22.2 Å². The Hall–Kier alpha value is -2.90. The summed E-state index contributed by atoms with van der Waals surface area (Å²) in [7, 11) is -2.06. The van der Waals surface area contributed by atoms with Gasteiger partial charge in [-0.05, 0) is 18.2 Å². The first-order valence-electron chi connectivity index (χ1n) is 8.14. The van der Waals surface area contributed by atoms with Gasteiger partial charge in [0.15, 0.2) is 0 Å². The fourth-order valence-corrected chi connectivity index (χ4v) is 4.50. The average Bonchev–Trinajstić information content (AvgIpc) is 3.09. The third kappa shape index (κ3) is 2.94. The van der Waals surface area contributed by atoms with Gasteiger partial charge in [0.1, 0.15) is 0 Å². The normalized spacial score (nSPS) is 11.6. The number of hydrogen-bond donors (Lipinski definition) is 1. The summed E-state index contributed by atoms with van der Waals surface area (Å²) in [4.78, 5) is 8.71. The maximum Gasteiger partial charge on any atom is 0.268 e. The van der Waals surface area contributed by atoms with Crippen molar-refractivity contribution >= 4 is 38.5 Å². The van der Waals surface area contributed by atoms with Crippen molar-refractivity contribution in [2.75, 3.05) is 12.4 Å². The summed E-state index contributed by atoms with van der Waals surface area (Å²) in [6.45, 7) is 0. The molecule has 4 aromatic rings. The maximum atomic E-state index is 13.2. The third-order valence-electron chi connectivity index (χ3n) is 4.20. The van der Waals surface area contributed by atoms with E-state index in [-0.39, 0.29) is 4.90 Å². The molecule has 2 heterocycles. The molecule has 2 aromatic carbocycles. The molecule has 8 heteroatoms. The molecular weight excluding hydrogens is 384 g/mol. The highest BCUT2D eigenvalue weighted by molar-refractivity contribution is 7.90. The van der Waals surface area contributed by atoms with Crippen molar-refractivity contribution in [3.63, 3.8) is 0 Å². The van der Waals surface area contributed by atoms with Crippen molar-refractivity contribution in [2.45, 2.75) is 4.90 Å². The van der Waals surface area contributed by atoms with Crippen molar-refractivity contribution in [1.29, 1.82) is 0 Å². The maximum absolute atomic E-state index is 13.2. The number of nitrogens with one attached hydrogen (secondary N) is 1. The predicted octanol–water partition coefficient (Wildman–Crippen LogP) is 4.03. The van der Waals surface area contributed by atoms with Gasteiger partial charge < -0.3 is 5.32 Å². The van der Waals surface area contributed by atoms with E-state index < -0.39 is 10.0 Å². The highest BCUT2D eigenvalue weighted by Crippen LogP contribution is 2.35. The molecule has 0 amide bonds. The van der Waals surface area contributed by atoms with Crippen LogP contribution in [0.2, 0.25) is 5.02 Å². The van der Waals surface area contributed by atoms with E-state index in [2.05, 4.69) is 15.3 Å². The van der Waals surface area contributed by atoms with Crippen LogP contribution in [0.4, 0.5) is 5.95 Å². The molecule has 0 unspecified atom stereocenters. The van der Waals surface area contributed by atoms with Gasteiger partial charge >= 0.3 is 0 Å². The molecule has 0 fully saturated rings. The minimum absolute atomic E-state index is 0.210. The van der Waals surface area contributed by atoms with Crippen molar-refractivity contribution < 1.29 is 8.42 Å². The number of halogens is 1. The zero-order valence-electron chi connectivity index (χ0n) is 14.3. The minimum atomic E-state index is -3.77. The Morgan fingerprint density at radius 2 is 1.74 bits per heavy atom. The molecule has 0 radical (unpaired) electrons. The number of fused-ring (bicyclic) bond motifs is 1. The van der Waals surface area contributed by atoms with E-state index in [1.54, 1.807) is 55.7 Å². The Bertz CT molecular complexity index is 1240. The summed E-state index contributed by atoms with van der Waals surface area (Å²) in [6, 6.07) is 15.6. The molecule has 136 valence electrons. The van der Waals surface area contributed by atoms with Gasteiger partial charge in [0, 0.05) is 24.2 Å². The van der Waals surface area contributed by atoms with Crippen molar-refractivity contribution in [2.24, 2.45) is 0 Å². The Morgan fingerprint density at radius 3 is 2.48 bits per heavy atom. The number of anilines is 1. The number of rotatable bonds is 4. The largest absolute Gasteiger partial charge is 0.357 e. The van der Waals surface area contributed by atoms with Crippen molar-refractivity contribution in [3.8, 4) is 11.3 Å². The number of nitrogens with zero attached hydrogens (tertiary/aromatic N) is 3. The quantitative estimate of drug-likeness (QED) is 0.561. The monoisotopic (exact) mass is 398 g/mol. The van der Waals surface area contributed by atoms with Crippen LogP contribution >= 0.6 is 11.6 Å². The van der Waals surface area contributed by atoms with Gasteiger partial charge in [-0.25, -0.2) is 22.4 Å². The second-order valence-electron chi connectivity index (χ2n) is 5.81. The van der Waals surface area contributed by atoms with Crippen LogP contribution in [0.5, 0.6) is 0 Å². The predicted molar refractivity (Wildman–Crippen MR) is 107 cm³/mol. The number of aromatic nitrogens is 3. The Kier molecular flexibility index (Phi) is 4.33. The lowest BCUT2D eigenvalue weighted by atomic mass is 10.1. The molecule has 0 saturated carbocycles. The van der Waals surface area contributed by atoms with Gasteiger partial charge in [-0.3, -0.25) is 0 Å². The van der Waals surface area contributed by atoms with E-state index in [4.69, 9.17) is 11.6 Å². The summed E-state index contributed by atoms with van der Waals surface area (Å²) in [5, 5.41) is 3.95. The third-order valence-corrected chi connectivity index (χ3v) is 6.17. The van der Waals surface area contributed by atoms with Crippen LogP contribution in [0.1, 0.15) is 0 Å². The zero-order chi connectivity index (χ0) is 19.0. The lowest BCUT2D eigenvalue weighted by Gasteiger charge is -2.07. The van der Waals surface area contributed by atoms with E-state index in [9.17, 15) is 8.42 Å². The first kappa shape index (κ1) is 17.5. The molecule has 0 aliphatic rings. The van der Waals surface area contributed by atoms with Crippen LogP contribution in [-0.4, -0.2) is 29.4 Å². The fourth-order valence-electron chi connectivity index (χ4n) is 2.92. The van der Waals surface area contributed by atoms with Gasteiger partial charge in [-0.15, -0.1) is 0 Å². The van der Waals surface area contributed by atoms with E-state index in [0.29, 0.717) is 27.7 Å². The van der Waals surface area contributed by atoms with E-state index >= 15 is 0 Å². The second kappa shape index (κ2) is 6.68. The van der Waals surface area contributed by atoms with Crippen LogP contribution in [0.3, 0.4) is 0 Å². The van der Waals surface area contributed by atoms with Crippen LogP contribution in [0.15, 0.2) is 71.9 Å². The van der Waals surface area contributed by atoms with Gasteiger partial charge in [0.25, 0.3) is 10.0 Å². The molecule has 0 atom stereocenters. The standard InChI is InChI=1S/C19H15ClN4O2S/c1-21-19-22-11-16(20)18(23-19)15-12-24(17-10-6-5-9-14(15)17)27(25,26)13-7-3-2-4-8-13/h2-12H,1H3,(H,21,22,23). The van der Waals surface area contributed by atoms with Gasteiger partial charge in [0.05, 0.1) is 27.3 Å². The average molecular weight is 399 g/mol. The minimum Gasteiger partial charge on any atom is -0.357 e. The summed E-state index contributed by atoms with van der Waals surface area (Å²) >= 11 is 6.32. The smallest absolute Gasteiger partial charge is 0.268 e. The summed E-state index contributed by atoms with van der Waals surface area (Å²) in [5.74, 6) is 0.400. The van der Waals surface area contributed by atoms with Crippen molar-refractivity contribution in [3.05, 3.63) is 72.0 Å². The molecule has 27 heavy (non-hydrogen) atoms. The van der Waals surface area contributed by atoms with E-state index in [1.165, 1.54) is 10.2 Å². The lowest BCUT2D eigenvalue weighted by Crippen LogP contribution is -2.11. The SMILES string of the molecule is CNc1ncc(Cl)c(-c2cn(S(=O)(=O)c3ccccc3)c3ccccc23)n1. The molecule has 2 aromatic heterocycles. The Labute approximate surface area is 161 Å². The summed E-state index contributed by atoms with van der Waals surface area (Å²) in [5.41, 5.74) is 1.64. The van der Waals surface area contributed by atoms with E-state index in [0.717, 1.165) is 5.39 Å². The molecule has 6 nitrogen and oxygen atoms in total. The van der Waals surface area contributed by atoms with Gasteiger partial charge in [-0.2, -0.15) is 0 Å². The molecule has 0 aliphatic carbocycles. The van der Waals surface area contributed by atoms with Crippen LogP contribution in [0, 0.1) is 0 Å². The Morgan fingerprint density at radius 1 is 1.04 bits per heavy atom. The topological polar surface area (TPSA) is 76.9 Å². The number of hydrogen-bond acceptors (Lipinski definition) is 5. The molecule has 0 aliphatic heterocycles. The zero-order valence-corrected chi connectivity index (χ0v) is 15.9. The lowest BCUT2D eigenvalue weighted by molar-refractivity contribution is 0.589. The molecule has 0 bridgehead atoms. The number of benzene rings is 2. The highest BCUT2D eigenvalue weighted by atomic mass is 35.5. The fraction of sp³-hybridized carbons (Fsp3) is 0.0526. The van der Waals surface area contributed by atoms with Crippen molar-refractivity contribution in [1.82, 2.24) is 13.9 Å². The first-order chi connectivity index (χ1) is 13.0. The summed E-state index contributed by atoms with van der Waals surface area (Å²) in [6.07, 6.45) is 3.05.